The van der Waals surface area contributed by atoms with Crippen LogP contribution >= 0.6 is 0 Å². The molecule has 0 radical (unpaired) electrons. The van der Waals surface area contributed by atoms with E-state index in [-0.39, 0.29) is 23.7 Å². The van der Waals surface area contributed by atoms with Gasteiger partial charge in [-0.1, -0.05) is 0 Å². The molecule has 0 aromatic carbocycles. The van der Waals surface area contributed by atoms with E-state index in [0.717, 1.165) is 16.6 Å². The van der Waals surface area contributed by atoms with Crippen LogP contribution in [-0.4, -0.2) is 47.8 Å². The second-order valence-electron chi connectivity index (χ2n) is 4.31. The first-order chi connectivity index (χ1) is 8.82. The van der Waals surface area contributed by atoms with Gasteiger partial charge < -0.3 is 15.8 Å². The Bertz CT molecular complexity index is 621. The highest BCUT2D eigenvalue weighted by Crippen LogP contribution is 2.24. The van der Waals surface area contributed by atoms with Gasteiger partial charge in [0.2, 0.25) is 15.9 Å². The summed E-state index contributed by atoms with van der Waals surface area (Å²) in [5.74, 6) is -2.26. The number of hydrogen-bond donors (Lipinski definition) is 3. The number of aromatic carboxylic acids is 1. The van der Waals surface area contributed by atoms with Crippen molar-refractivity contribution in [2.24, 2.45) is 11.7 Å². The van der Waals surface area contributed by atoms with Crippen molar-refractivity contribution < 1.29 is 23.1 Å². The Hall–Kier alpha value is -1.87. The van der Waals surface area contributed by atoms with Crippen LogP contribution in [0.1, 0.15) is 16.9 Å². The van der Waals surface area contributed by atoms with E-state index < -0.39 is 27.8 Å². The van der Waals surface area contributed by atoms with Gasteiger partial charge in [0.25, 0.3) is 0 Å². The number of primary amides is 1. The summed E-state index contributed by atoms with van der Waals surface area (Å²) in [7, 11) is -3.79. The van der Waals surface area contributed by atoms with E-state index >= 15 is 0 Å². The van der Waals surface area contributed by atoms with E-state index in [2.05, 4.69) is 4.98 Å². The van der Waals surface area contributed by atoms with Crippen LogP contribution in [0.5, 0.6) is 0 Å². The first-order valence-electron chi connectivity index (χ1n) is 5.53. The molecule has 19 heavy (non-hydrogen) atoms. The maximum Gasteiger partial charge on any atom is 0.352 e. The van der Waals surface area contributed by atoms with Gasteiger partial charge in [-0.25, -0.2) is 13.2 Å². The van der Waals surface area contributed by atoms with Gasteiger partial charge in [-0.3, -0.25) is 4.79 Å². The summed E-state index contributed by atoms with van der Waals surface area (Å²) < 4.78 is 25.5. The van der Waals surface area contributed by atoms with Gasteiger partial charge >= 0.3 is 5.97 Å². The average Bonchev–Trinajstić information content (AvgIpc) is 2.99. The first kappa shape index (κ1) is 13.6. The van der Waals surface area contributed by atoms with Gasteiger partial charge in [0, 0.05) is 19.3 Å². The molecule has 104 valence electrons. The molecule has 9 heteroatoms. The predicted octanol–water partition coefficient (Wildman–Crippen LogP) is -0.791. The molecule has 4 N–H and O–H groups in total. The molecule has 1 saturated heterocycles. The SMILES string of the molecule is NC(=O)C1CCN(S(=O)(=O)c2c[nH]c(C(=O)O)c2)C1. The molecular weight excluding hydrogens is 274 g/mol. The Morgan fingerprint density at radius 3 is 2.63 bits per heavy atom. The Morgan fingerprint density at radius 1 is 1.47 bits per heavy atom. The summed E-state index contributed by atoms with van der Waals surface area (Å²) in [6.07, 6.45) is 1.50. The van der Waals surface area contributed by atoms with Crippen LogP contribution in [-0.2, 0) is 14.8 Å². The van der Waals surface area contributed by atoms with Crippen LogP contribution in [0.4, 0.5) is 0 Å². The largest absolute Gasteiger partial charge is 0.477 e. The zero-order valence-electron chi connectivity index (χ0n) is 9.87. The average molecular weight is 287 g/mol. The number of carboxylic acid groups (broad SMARTS) is 1. The monoisotopic (exact) mass is 287 g/mol. The van der Waals surface area contributed by atoms with E-state index in [1.54, 1.807) is 0 Å². The number of carbonyl (C=O) groups is 2. The third-order valence-corrected chi connectivity index (χ3v) is 4.92. The number of nitrogens with one attached hydrogen (secondary N) is 1. The number of H-pyrrole nitrogens is 1. The molecule has 1 unspecified atom stereocenters. The second kappa shape index (κ2) is 4.67. The number of amides is 1. The quantitative estimate of drug-likeness (QED) is 0.667. The molecule has 1 atom stereocenters. The summed E-state index contributed by atoms with van der Waals surface area (Å²) in [4.78, 5) is 24.0. The smallest absolute Gasteiger partial charge is 0.352 e. The number of sulfonamides is 1. The van der Waals surface area contributed by atoms with E-state index in [0.29, 0.717) is 6.42 Å². The number of hydrogen-bond acceptors (Lipinski definition) is 4. The van der Waals surface area contributed by atoms with Gasteiger partial charge in [0.1, 0.15) is 10.6 Å². The van der Waals surface area contributed by atoms with Crippen LogP contribution < -0.4 is 5.73 Å². The minimum Gasteiger partial charge on any atom is -0.477 e. The van der Waals surface area contributed by atoms with Crippen molar-refractivity contribution in [2.75, 3.05) is 13.1 Å². The maximum atomic E-state index is 12.2. The highest BCUT2D eigenvalue weighted by Gasteiger charge is 2.35. The number of nitrogens with zero attached hydrogens (tertiary/aromatic N) is 1. The van der Waals surface area contributed by atoms with E-state index in [4.69, 9.17) is 10.8 Å². The minimum atomic E-state index is -3.79. The molecule has 1 fully saturated rings. The third-order valence-electron chi connectivity index (χ3n) is 3.08. The lowest BCUT2D eigenvalue weighted by molar-refractivity contribution is -0.121. The van der Waals surface area contributed by atoms with Gasteiger partial charge in [-0.15, -0.1) is 0 Å². The highest BCUT2D eigenvalue weighted by atomic mass is 32.2. The van der Waals surface area contributed by atoms with Crippen molar-refractivity contribution in [2.45, 2.75) is 11.3 Å². The summed E-state index contributed by atoms with van der Waals surface area (Å²) in [5.41, 5.74) is 4.94. The van der Waals surface area contributed by atoms with Gasteiger partial charge in [-0.05, 0) is 12.5 Å². The molecule has 2 heterocycles. The van der Waals surface area contributed by atoms with Crippen LogP contribution in [0.25, 0.3) is 0 Å². The molecule has 1 aliphatic rings. The molecule has 2 rings (SSSR count). The Kier molecular flexibility index (Phi) is 3.33. The molecule has 1 aromatic heterocycles. The normalized spacial score (nSPS) is 20.5. The lowest BCUT2D eigenvalue weighted by Crippen LogP contribution is -2.31. The van der Waals surface area contributed by atoms with Crippen LogP contribution in [0.15, 0.2) is 17.2 Å². The number of aromatic nitrogens is 1. The van der Waals surface area contributed by atoms with Gasteiger partial charge in [0.05, 0.1) is 5.92 Å². The fourth-order valence-corrected chi connectivity index (χ4v) is 3.47. The van der Waals surface area contributed by atoms with E-state index in [1.807, 2.05) is 0 Å². The van der Waals surface area contributed by atoms with Crippen molar-refractivity contribution in [1.29, 1.82) is 0 Å². The molecule has 1 aliphatic heterocycles. The summed E-state index contributed by atoms with van der Waals surface area (Å²) in [6.45, 7) is 0.231. The van der Waals surface area contributed by atoms with Crippen LogP contribution in [0, 0.1) is 5.92 Å². The van der Waals surface area contributed by atoms with Gasteiger partial charge in [0.15, 0.2) is 0 Å². The number of nitrogens with two attached hydrogens (primary N) is 1. The van der Waals surface area contributed by atoms with Crippen molar-refractivity contribution in [3.8, 4) is 0 Å². The second-order valence-corrected chi connectivity index (χ2v) is 6.24. The number of carbonyl (C=O) groups excluding carboxylic acids is 1. The number of carboxylic acids is 1. The van der Waals surface area contributed by atoms with Crippen LogP contribution in [0.3, 0.4) is 0 Å². The van der Waals surface area contributed by atoms with Crippen LogP contribution in [0.2, 0.25) is 0 Å². The van der Waals surface area contributed by atoms with E-state index in [9.17, 15) is 18.0 Å². The van der Waals surface area contributed by atoms with Crippen molar-refractivity contribution in [1.82, 2.24) is 9.29 Å². The zero-order chi connectivity index (χ0) is 14.2. The minimum absolute atomic E-state index is 0.0330. The van der Waals surface area contributed by atoms with Crippen molar-refractivity contribution in [3.05, 3.63) is 18.0 Å². The Morgan fingerprint density at radius 2 is 2.16 bits per heavy atom. The van der Waals surface area contributed by atoms with Crippen molar-refractivity contribution >= 4 is 21.9 Å². The highest BCUT2D eigenvalue weighted by molar-refractivity contribution is 7.89. The number of aromatic amines is 1. The third kappa shape index (κ3) is 2.47. The zero-order valence-corrected chi connectivity index (χ0v) is 10.7. The van der Waals surface area contributed by atoms with Gasteiger partial charge in [-0.2, -0.15) is 4.31 Å². The molecule has 0 aliphatic carbocycles. The van der Waals surface area contributed by atoms with Crippen molar-refractivity contribution in [3.63, 3.8) is 0 Å². The number of rotatable bonds is 4. The molecule has 1 aromatic rings. The Balaban J connectivity index is 2.23. The molecule has 8 nitrogen and oxygen atoms in total. The predicted molar refractivity (Wildman–Crippen MR) is 63.8 cm³/mol. The lowest BCUT2D eigenvalue weighted by Gasteiger charge is -2.14. The lowest BCUT2D eigenvalue weighted by atomic mass is 10.1. The first-order valence-corrected chi connectivity index (χ1v) is 6.97. The Labute approximate surface area is 109 Å². The fraction of sp³-hybridized carbons (Fsp3) is 0.400. The summed E-state index contributed by atoms with van der Waals surface area (Å²) >= 11 is 0. The molecule has 0 spiro atoms. The standard InChI is InChI=1S/C10H13N3O5S/c11-9(14)6-1-2-13(5-6)19(17,18)7-3-8(10(15)16)12-4-7/h3-4,6,12H,1-2,5H2,(H2,11,14)(H,15,16). The van der Waals surface area contributed by atoms with E-state index in [1.165, 1.54) is 0 Å². The molecular formula is C10H13N3O5S. The maximum absolute atomic E-state index is 12.2. The summed E-state index contributed by atoms with van der Waals surface area (Å²) in [6, 6.07) is 1.05. The fourth-order valence-electron chi connectivity index (χ4n) is 1.97. The molecule has 0 bridgehead atoms. The topological polar surface area (TPSA) is 134 Å². The summed E-state index contributed by atoms with van der Waals surface area (Å²) in [5, 5.41) is 8.74. The molecule has 1 amide bonds. The molecule has 0 saturated carbocycles.